The predicted molar refractivity (Wildman–Crippen MR) is 102 cm³/mol. The Morgan fingerprint density at radius 3 is 2.93 bits per heavy atom. The van der Waals surface area contributed by atoms with E-state index in [0.717, 1.165) is 27.8 Å². The molecular formula is C20H20N4O3. The second kappa shape index (κ2) is 6.75. The van der Waals surface area contributed by atoms with Crippen LogP contribution in [-0.2, 0) is 9.53 Å². The number of nitrogens with one attached hydrogen (secondary N) is 1. The van der Waals surface area contributed by atoms with Crippen LogP contribution < -0.4 is 10.2 Å². The molecule has 1 fully saturated rings. The van der Waals surface area contributed by atoms with Gasteiger partial charge in [-0.1, -0.05) is 0 Å². The molecule has 1 aromatic carbocycles. The first kappa shape index (κ1) is 17.1. The van der Waals surface area contributed by atoms with Gasteiger partial charge in [0, 0.05) is 36.6 Å². The van der Waals surface area contributed by atoms with Crippen LogP contribution >= 0.6 is 0 Å². The molecule has 4 rings (SSSR count). The van der Waals surface area contributed by atoms with Crippen molar-refractivity contribution < 1.29 is 14.3 Å². The Labute approximate surface area is 156 Å². The molecule has 1 unspecified atom stereocenters. The molecule has 1 aliphatic rings. The number of fused-ring (bicyclic) bond motifs is 1. The third kappa shape index (κ3) is 3.36. The minimum Gasteiger partial charge on any atom is -0.442 e. The average molecular weight is 364 g/mol. The molecule has 27 heavy (non-hydrogen) atoms. The Morgan fingerprint density at radius 2 is 2.19 bits per heavy atom. The van der Waals surface area contributed by atoms with Gasteiger partial charge in [-0.15, -0.1) is 0 Å². The molecule has 7 heteroatoms. The highest BCUT2D eigenvalue weighted by molar-refractivity contribution is 5.91. The van der Waals surface area contributed by atoms with Crippen molar-refractivity contribution in [3.8, 4) is 5.69 Å². The Morgan fingerprint density at radius 1 is 1.33 bits per heavy atom. The summed E-state index contributed by atoms with van der Waals surface area (Å²) < 4.78 is 7.37. The van der Waals surface area contributed by atoms with Gasteiger partial charge >= 0.3 is 6.09 Å². The summed E-state index contributed by atoms with van der Waals surface area (Å²) in [6, 6.07) is 9.86. The van der Waals surface area contributed by atoms with Crippen LogP contribution in [0.3, 0.4) is 0 Å². The molecular weight excluding hydrogens is 344 g/mol. The standard InChI is InChI=1S/C20H20N4O3/c1-13-8-16(23-10-15-4-3-7-21-18(15)12-23)5-6-19(13)24-11-17(27-20(24)26)9-22-14(2)25/h3-8,10,12,17H,9,11H2,1-2H3,(H,22,25). The van der Waals surface area contributed by atoms with Gasteiger partial charge in [-0.3, -0.25) is 14.7 Å². The molecule has 1 saturated heterocycles. The first-order chi connectivity index (χ1) is 13.0. The minimum atomic E-state index is -0.392. The van der Waals surface area contributed by atoms with E-state index in [2.05, 4.69) is 10.3 Å². The van der Waals surface area contributed by atoms with E-state index in [1.54, 1.807) is 11.1 Å². The Bertz CT molecular complexity index is 994. The Kier molecular flexibility index (Phi) is 4.27. The first-order valence-corrected chi connectivity index (χ1v) is 8.77. The fourth-order valence-electron chi connectivity index (χ4n) is 3.30. The summed E-state index contributed by atoms with van der Waals surface area (Å²) >= 11 is 0. The summed E-state index contributed by atoms with van der Waals surface area (Å²) in [5.41, 5.74) is 3.71. The molecule has 0 saturated carbocycles. The van der Waals surface area contributed by atoms with Gasteiger partial charge < -0.3 is 14.6 Å². The van der Waals surface area contributed by atoms with E-state index in [1.165, 1.54) is 6.92 Å². The molecule has 0 bridgehead atoms. The van der Waals surface area contributed by atoms with Crippen molar-refractivity contribution in [2.45, 2.75) is 20.0 Å². The lowest BCUT2D eigenvalue weighted by Gasteiger charge is -2.17. The van der Waals surface area contributed by atoms with Gasteiger partial charge in [0.25, 0.3) is 0 Å². The van der Waals surface area contributed by atoms with Gasteiger partial charge in [-0.25, -0.2) is 4.79 Å². The zero-order valence-corrected chi connectivity index (χ0v) is 15.2. The second-order valence-electron chi connectivity index (χ2n) is 6.67. The van der Waals surface area contributed by atoms with Gasteiger partial charge in [0.15, 0.2) is 0 Å². The van der Waals surface area contributed by atoms with Crippen LogP contribution in [0.2, 0.25) is 0 Å². The number of hydrogen-bond donors (Lipinski definition) is 1. The molecule has 3 aromatic rings. The molecule has 7 nitrogen and oxygen atoms in total. The number of aryl methyl sites for hydroxylation is 1. The van der Waals surface area contributed by atoms with E-state index in [1.807, 2.05) is 54.2 Å². The number of anilines is 1. The van der Waals surface area contributed by atoms with E-state index in [-0.39, 0.29) is 12.0 Å². The normalized spacial score (nSPS) is 16.6. The number of rotatable bonds is 4. The number of ether oxygens (including phenoxy) is 1. The van der Waals surface area contributed by atoms with E-state index >= 15 is 0 Å². The largest absolute Gasteiger partial charge is 0.442 e. The van der Waals surface area contributed by atoms with Crippen molar-refractivity contribution >= 4 is 28.6 Å². The van der Waals surface area contributed by atoms with Gasteiger partial charge in [0.2, 0.25) is 5.91 Å². The summed E-state index contributed by atoms with van der Waals surface area (Å²) in [5.74, 6) is -0.140. The van der Waals surface area contributed by atoms with Gasteiger partial charge in [0.05, 0.1) is 24.3 Å². The third-order valence-corrected chi connectivity index (χ3v) is 4.63. The highest BCUT2D eigenvalue weighted by Gasteiger charge is 2.33. The van der Waals surface area contributed by atoms with Crippen molar-refractivity contribution in [3.05, 3.63) is 54.5 Å². The van der Waals surface area contributed by atoms with Crippen LogP contribution in [0.15, 0.2) is 48.9 Å². The molecule has 3 heterocycles. The smallest absolute Gasteiger partial charge is 0.414 e. The summed E-state index contributed by atoms with van der Waals surface area (Å²) in [7, 11) is 0. The number of amides is 2. The summed E-state index contributed by atoms with van der Waals surface area (Å²) in [5, 5.41) is 3.76. The predicted octanol–water partition coefficient (Wildman–Crippen LogP) is 2.80. The Balaban J connectivity index is 1.56. The molecule has 2 aromatic heterocycles. The van der Waals surface area contributed by atoms with Gasteiger partial charge in [-0.05, 0) is 42.8 Å². The molecule has 1 aliphatic heterocycles. The SMILES string of the molecule is CC(=O)NCC1CN(c2ccc(-n3cc4cccnc4c3)cc2C)C(=O)O1. The number of aromatic nitrogens is 2. The van der Waals surface area contributed by atoms with E-state index in [9.17, 15) is 9.59 Å². The summed E-state index contributed by atoms with van der Waals surface area (Å²) in [4.78, 5) is 29.3. The zero-order valence-electron chi connectivity index (χ0n) is 15.2. The van der Waals surface area contributed by atoms with Crippen molar-refractivity contribution in [2.75, 3.05) is 18.0 Å². The number of nitrogens with zero attached hydrogens (tertiary/aromatic N) is 3. The van der Waals surface area contributed by atoms with Crippen LogP contribution in [-0.4, -0.2) is 40.7 Å². The molecule has 0 spiro atoms. The van der Waals surface area contributed by atoms with Crippen molar-refractivity contribution in [3.63, 3.8) is 0 Å². The number of pyridine rings is 1. The average Bonchev–Trinajstić information content (AvgIpc) is 3.23. The maximum atomic E-state index is 12.2. The molecule has 1 N–H and O–H groups in total. The van der Waals surface area contributed by atoms with Crippen LogP contribution in [0.1, 0.15) is 12.5 Å². The number of carbonyl (C=O) groups is 2. The fraction of sp³-hybridized carbons (Fsp3) is 0.250. The Hall–Kier alpha value is -3.35. The highest BCUT2D eigenvalue weighted by atomic mass is 16.6. The molecule has 2 amide bonds. The van der Waals surface area contributed by atoms with E-state index < -0.39 is 6.09 Å². The minimum absolute atomic E-state index is 0.140. The summed E-state index contributed by atoms with van der Waals surface area (Å²) in [6.45, 7) is 4.14. The third-order valence-electron chi connectivity index (χ3n) is 4.63. The van der Waals surface area contributed by atoms with E-state index in [0.29, 0.717) is 13.1 Å². The van der Waals surface area contributed by atoms with Crippen LogP contribution in [0.5, 0.6) is 0 Å². The second-order valence-corrected chi connectivity index (χ2v) is 6.67. The molecule has 138 valence electrons. The lowest BCUT2D eigenvalue weighted by molar-refractivity contribution is -0.119. The number of hydrogen-bond acceptors (Lipinski definition) is 4. The molecule has 0 radical (unpaired) electrons. The maximum absolute atomic E-state index is 12.2. The summed E-state index contributed by atoms with van der Waals surface area (Å²) in [6.07, 6.45) is 5.05. The monoisotopic (exact) mass is 364 g/mol. The van der Waals surface area contributed by atoms with Crippen LogP contribution in [0.25, 0.3) is 16.6 Å². The topological polar surface area (TPSA) is 76.5 Å². The van der Waals surface area contributed by atoms with E-state index in [4.69, 9.17) is 4.74 Å². The fourth-order valence-corrected chi connectivity index (χ4v) is 3.30. The van der Waals surface area contributed by atoms with Crippen LogP contribution in [0, 0.1) is 6.92 Å². The number of benzene rings is 1. The number of cyclic esters (lactones) is 1. The van der Waals surface area contributed by atoms with Crippen molar-refractivity contribution in [2.24, 2.45) is 0 Å². The van der Waals surface area contributed by atoms with Crippen LogP contribution in [0.4, 0.5) is 10.5 Å². The molecule has 1 atom stereocenters. The van der Waals surface area contributed by atoms with Gasteiger partial charge in [0.1, 0.15) is 6.10 Å². The first-order valence-electron chi connectivity index (χ1n) is 8.77. The lowest BCUT2D eigenvalue weighted by Crippen LogP contribution is -2.33. The van der Waals surface area contributed by atoms with Gasteiger partial charge in [-0.2, -0.15) is 0 Å². The maximum Gasteiger partial charge on any atom is 0.414 e. The van der Waals surface area contributed by atoms with Crippen molar-refractivity contribution in [1.29, 1.82) is 0 Å². The quantitative estimate of drug-likeness (QED) is 0.772. The highest BCUT2D eigenvalue weighted by Crippen LogP contribution is 2.28. The number of carbonyl (C=O) groups excluding carboxylic acids is 2. The molecule has 0 aliphatic carbocycles. The lowest BCUT2D eigenvalue weighted by atomic mass is 10.1. The van der Waals surface area contributed by atoms with Crippen molar-refractivity contribution in [1.82, 2.24) is 14.9 Å². The zero-order chi connectivity index (χ0) is 19.0.